The molecule has 7 nitrogen and oxygen atoms in total. The molecule has 0 spiro atoms. The highest BCUT2D eigenvalue weighted by Crippen LogP contribution is 2.21. The molecular weight excluding hydrogens is 322 g/mol. The molecule has 0 aliphatic carbocycles. The zero-order valence-corrected chi connectivity index (χ0v) is 14.4. The summed E-state index contributed by atoms with van der Waals surface area (Å²) in [6.45, 7) is 5.35. The van der Waals surface area contributed by atoms with Crippen molar-refractivity contribution in [3.05, 3.63) is 58.5 Å². The fourth-order valence-electron chi connectivity index (χ4n) is 2.32. The number of amides is 1. The molecule has 2 aromatic rings. The first-order chi connectivity index (χ1) is 11.7. The van der Waals surface area contributed by atoms with E-state index in [1.807, 2.05) is 19.9 Å². The van der Waals surface area contributed by atoms with Crippen LogP contribution in [-0.4, -0.2) is 32.3 Å². The van der Waals surface area contributed by atoms with Crippen LogP contribution in [0.25, 0.3) is 5.69 Å². The van der Waals surface area contributed by atoms with E-state index in [2.05, 4.69) is 10.4 Å². The van der Waals surface area contributed by atoms with E-state index in [-0.39, 0.29) is 23.6 Å². The number of benzene rings is 1. The predicted octanol–water partition coefficient (Wildman–Crippen LogP) is 1.85. The number of carbonyl (C=O) groups excluding carboxylic acids is 1. The van der Waals surface area contributed by atoms with Gasteiger partial charge in [0.25, 0.3) is 11.5 Å². The van der Waals surface area contributed by atoms with Gasteiger partial charge in [-0.25, -0.2) is 0 Å². The molecule has 1 unspecified atom stereocenters. The summed E-state index contributed by atoms with van der Waals surface area (Å²) in [5, 5.41) is 15.9. The summed E-state index contributed by atoms with van der Waals surface area (Å²) in [6.07, 6.45) is -0.214. The summed E-state index contributed by atoms with van der Waals surface area (Å²) < 4.78 is 1.14. The molecule has 2 N–H and O–H groups in total. The minimum absolute atomic E-state index is 0.0423. The lowest BCUT2D eigenvalue weighted by Gasteiger charge is -2.33. The molecule has 0 saturated heterocycles. The number of carbonyl (C=O) groups is 2. The van der Waals surface area contributed by atoms with Crippen LogP contribution < -0.4 is 10.9 Å². The van der Waals surface area contributed by atoms with Crippen molar-refractivity contribution in [3.8, 4) is 5.69 Å². The third-order valence-corrected chi connectivity index (χ3v) is 4.23. The highest BCUT2D eigenvalue weighted by Gasteiger charge is 2.33. The van der Waals surface area contributed by atoms with Crippen molar-refractivity contribution >= 4 is 11.9 Å². The van der Waals surface area contributed by atoms with E-state index < -0.39 is 17.4 Å². The number of para-hydroxylation sites is 1. The molecule has 0 aliphatic rings. The van der Waals surface area contributed by atoms with E-state index in [1.54, 1.807) is 31.2 Å². The number of aliphatic carboxylic acids is 1. The molecule has 1 aromatic heterocycles. The number of aromatic nitrogens is 2. The highest BCUT2D eigenvalue weighted by atomic mass is 16.4. The molecule has 0 saturated carbocycles. The summed E-state index contributed by atoms with van der Waals surface area (Å²) in [5.74, 6) is -1.63. The topological polar surface area (TPSA) is 101 Å². The van der Waals surface area contributed by atoms with Crippen LogP contribution in [0.15, 0.2) is 47.3 Å². The van der Waals surface area contributed by atoms with E-state index in [4.69, 9.17) is 5.11 Å². The van der Waals surface area contributed by atoms with Crippen LogP contribution in [0.5, 0.6) is 0 Å². The van der Waals surface area contributed by atoms with Gasteiger partial charge in [-0.2, -0.15) is 9.78 Å². The van der Waals surface area contributed by atoms with Gasteiger partial charge in [0.1, 0.15) is 5.69 Å². The molecule has 1 heterocycles. The number of rotatable bonds is 6. The second-order valence-electron chi connectivity index (χ2n) is 6.40. The van der Waals surface area contributed by atoms with Crippen LogP contribution in [-0.2, 0) is 4.79 Å². The minimum Gasteiger partial charge on any atom is -0.481 e. The maximum atomic E-state index is 12.6. The predicted molar refractivity (Wildman–Crippen MR) is 92.8 cm³/mol. The monoisotopic (exact) mass is 343 g/mol. The summed E-state index contributed by atoms with van der Waals surface area (Å²) in [4.78, 5) is 35.7. The largest absolute Gasteiger partial charge is 0.481 e. The summed E-state index contributed by atoms with van der Waals surface area (Å²) in [7, 11) is 0. The molecular formula is C18H21N3O4. The summed E-state index contributed by atoms with van der Waals surface area (Å²) in [6, 6.07) is 11.3. The first-order valence-corrected chi connectivity index (χ1v) is 7.93. The summed E-state index contributed by atoms with van der Waals surface area (Å²) >= 11 is 0. The second-order valence-corrected chi connectivity index (χ2v) is 6.40. The van der Waals surface area contributed by atoms with E-state index in [9.17, 15) is 14.4 Å². The zero-order valence-electron chi connectivity index (χ0n) is 14.4. The Balaban J connectivity index is 2.34. The Morgan fingerprint density at radius 1 is 1.20 bits per heavy atom. The van der Waals surface area contributed by atoms with Crippen LogP contribution in [0.4, 0.5) is 0 Å². The fraction of sp³-hybridized carbons (Fsp3) is 0.333. The second kappa shape index (κ2) is 7.29. The SMILES string of the molecule is CC(C)C(C)(CC(=O)O)NC(=O)c1ccc(=O)n(-c2ccccc2)n1. The van der Waals surface area contributed by atoms with E-state index in [0.717, 1.165) is 4.68 Å². The molecule has 7 heteroatoms. The Hall–Kier alpha value is -2.96. The first kappa shape index (κ1) is 18.4. The quantitative estimate of drug-likeness (QED) is 0.833. The average molecular weight is 343 g/mol. The van der Waals surface area contributed by atoms with Crippen molar-refractivity contribution in [2.24, 2.45) is 5.92 Å². The number of hydrogen-bond donors (Lipinski definition) is 2. The normalized spacial score (nSPS) is 13.3. The summed E-state index contributed by atoms with van der Waals surface area (Å²) in [5.41, 5.74) is -0.710. The van der Waals surface area contributed by atoms with Crippen molar-refractivity contribution < 1.29 is 14.7 Å². The van der Waals surface area contributed by atoms with Gasteiger partial charge in [-0.05, 0) is 31.0 Å². The molecule has 0 fully saturated rings. The van der Waals surface area contributed by atoms with Gasteiger partial charge in [0, 0.05) is 6.07 Å². The number of carboxylic acid groups (broad SMARTS) is 1. The standard InChI is InChI=1S/C18H21N3O4/c1-12(2)18(3,11-16(23)24)19-17(25)14-9-10-15(22)21(20-14)13-7-5-4-6-8-13/h4-10,12H,11H2,1-3H3,(H,19,25)(H,23,24). The lowest BCUT2D eigenvalue weighted by Crippen LogP contribution is -2.51. The number of nitrogens with zero attached hydrogens (tertiary/aromatic N) is 2. The first-order valence-electron chi connectivity index (χ1n) is 7.93. The Bertz CT molecular complexity index is 830. The third-order valence-electron chi connectivity index (χ3n) is 4.23. The molecule has 0 radical (unpaired) electrons. The van der Waals surface area contributed by atoms with Gasteiger partial charge >= 0.3 is 5.97 Å². The Morgan fingerprint density at radius 3 is 2.40 bits per heavy atom. The van der Waals surface area contributed by atoms with Crippen molar-refractivity contribution in [1.29, 1.82) is 0 Å². The van der Waals surface area contributed by atoms with Crippen molar-refractivity contribution in [2.45, 2.75) is 32.7 Å². The maximum absolute atomic E-state index is 12.6. The van der Waals surface area contributed by atoms with Crippen molar-refractivity contribution in [2.75, 3.05) is 0 Å². The van der Waals surface area contributed by atoms with Gasteiger partial charge in [-0.1, -0.05) is 32.0 Å². The van der Waals surface area contributed by atoms with Gasteiger partial charge in [0.15, 0.2) is 0 Å². The Labute approximate surface area is 145 Å². The Kier molecular flexibility index (Phi) is 5.36. The minimum atomic E-state index is -1.00. The molecule has 25 heavy (non-hydrogen) atoms. The van der Waals surface area contributed by atoms with E-state index >= 15 is 0 Å². The Morgan fingerprint density at radius 2 is 1.84 bits per heavy atom. The molecule has 1 aromatic carbocycles. The van der Waals surface area contributed by atoms with Gasteiger partial charge < -0.3 is 10.4 Å². The molecule has 1 amide bonds. The zero-order chi connectivity index (χ0) is 18.6. The lowest BCUT2D eigenvalue weighted by molar-refractivity contribution is -0.138. The fourth-order valence-corrected chi connectivity index (χ4v) is 2.32. The van der Waals surface area contributed by atoms with Crippen LogP contribution >= 0.6 is 0 Å². The number of nitrogens with one attached hydrogen (secondary N) is 1. The average Bonchev–Trinajstić information content (AvgIpc) is 2.55. The molecule has 1 atom stereocenters. The van der Waals surface area contributed by atoms with Crippen LogP contribution in [0, 0.1) is 5.92 Å². The van der Waals surface area contributed by atoms with Gasteiger partial charge in [-0.15, -0.1) is 0 Å². The number of carboxylic acids is 1. The smallest absolute Gasteiger partial charge is 0.305 e. The van der Waals surface area contributed by atoms with E-state index in [0.29, 0.717) is 5.69 Å². The molecule has 0 aliphatic heterocycles. The number of hydrogen-bond acceptors (Lipinski definition) is 4. The van der Waals surface area contributed by atoms with Crippen LogP contribution in [0.3, 0.4) is 0 Å². The van der Waals surface area contributed by atoms with E-state index in [1.165, 1.54) is 12.1 Å². The lowest BCUT2D eigenvalue weighted by atomic mass is 9.85. The van der Waals surface area contributed by atoms with Gasteiger partial charge in [0.05, 0.1) is 17.6 Å². The van der Waals surface area contributed by atoms with Crippen LogP contribution in [0.2, 0.25) is 0 Å². The molecule has 2 rings (SSSR count). The maximum Gasteiger partial charge on any atom is 0.305 e. The third kappa shape index (κ3) is 4.32. The van der Waals surface area contributed by atoms with Crippen LogP contribution in [0.1, 0.15) is 37.7 Å². The van der Waals surface area contributed by atoms with Crippen molar-refractivity contribution in [3.63, 3.8) is 0 Å². The van der Waals surface area contributed by atoms with Gasteiger partial charge in [-0.3, -0.25) is 14.4 Å². The molecule has 0 bridgehead atoms. The molecule has 132 valence electrons. The van der Waals surface area contributed by atoms with Crippen molar-refractivity contribution in [1.82, 2.24) is 15.1 Å². The van der Waals surface area contributed by atoms with Gasteiger partial charge in [0.2, 0.25) is 0 Å². The highest BCUT2D eigenvalue weighted by molar-refractivity contribution is 5.93.